The molecule has 166 valence electrons. The normalized spacial score (nSPS) is 18.3. The summed E-state index contributed by atoms with van der Waals surface area (Å²) in [7, 11) is 0. The maximum Gasteiger partial charge on any atom is 0.187 e. The summed E-state index contributed by atoms with van der Waals surface area (Å²) in [5, 5.41) is 4.34. The molecular formula is C24H28N6OS. The Morgan fingerprint density at radius 2 is 1.97 bits per heavy atom. The van der Waals surface area contributed by atoms with E-state index in [-0.39, 0.29) is 5.54 Å². The molecule has 1 N–H and O–H groups in total. The van der Waals surface area contributed by atoms with Gasteiger partial charge in [0.15, 0.2) is 11.0 Å². The van der Waals surface area contributed by atoms with Crippen molar-refractivity contribution in [1.82, 2.24) is 15.0 Å². The van der Waals surface area contributed by atoms with Gasteiger partial charge in [-0.2, -0.15) is 0 Å². The van der Waals surface area contributed by atoms with Crippen LogP contribution in [-0.4, -0.2) is 46.1 Å². The molecule has 8 heteroatoms. The molecule has 7 nitrogen and oxygen atoms in total. The van der Waals surface area contributed by atoms with Gasteiger partial charge in [-0.25, -0.2) is 19.9 Å². The van der Waals surface area contributed by atoms with Crippen molar-refractivity contribution in [3.8, 4) is 10.6 Å². The van der Waals surface area contributed by atoms with Crippen molar-refractivity contribution >= 4 is 34.0 Å². The molecule has 0 bridgehead atoms. The second kappa shape index (κ2) is 8.50. The van der Waals surface area contributed by atoms with Gasteiger partial charge in [0, 0.05) is 31.4 Å². The molecule has 0 spiro atoms. The Kier molecular flexibility index (Phi) is 5.55. The fraction of sp³-hybridized carbons (Fsp3) is 0.417. The first-order valence-electron chi connectivity index (χ1n) is 11.1. The molecule has 2 aliphatic rings. The molecule has 1 fully saturated rings. The Labute approximate surface area is 192 Å². The number of nitrogens with one attached hydrogen (secondary N) is 1. The Balaban J connectivity index is 1.25. The van der Waals surface area contributed by atoms with Crippen LogP contribution in [0.4, 0.5) is 16.8 Å². The van der Waals surface area contributed by atoms with Crippen LogP contribution in [0.3, 0.4) is 0 Å². The number of thiazole rings is 1. The zero-order valence-electron chi connectivity index (χ0n) is 18.7. The third-order valence-electron chi connectivity index (χ3n) is 5.77. The average molecular weight is 449 g/mol. The van der Waals surface area contributed by atoms with Gasteiger partial charge in [0.05, 0.1) is 16.1 Å². The van der Waals surface area contributed by atoms with Crippen LogP contribution >= 0.6 is 11.3 Å². The summed E-state index contributed by atoms with van der Waals surface area (Å²) in [5.41, 5.74) is 1.99. The van der Waals surface area contributed by atoms with Crippen LogP contribution in [0.2, 0.25) is 0 Å². The van der Waals surface area contributed by atoms with Crippen LogP contribution in [-0.2, 0) is 4.74 Å². The molecule has 3 aromatic heterocycles. The molecule has 5 heterocycles. The highest BCUT2D eigenvalue weighted by molar-refractivity contribution is 7.18. The Morgan fingerprint density at radius 3 is 2.72 bits per heavy atom. The van der Waals surface area contributed by atoms with Crippen LogP contribution in [0.15, 0.2) is 47.7 Å². The van der Waals surface area contributed by atoms with Gasteiger partial charge in [0.1, 0.15) is 18.2 Å². The number of rotatable bonds is 5. The van der Waals surface area contributed by atoms with Gasteiger partial charge >= 0.3 is 0 Å². The smallest absolute Gasteiger partial charge is 0.187 e. The van der Waals surface area contributed by atoms with Gasteiger partial charge in [-0.05, 0) is 63.4 Å². The zero-order valence-corrected chi connectivity index (χ0v) is 19.5. The number of ether oxygens (including phenoxy) is 1. The zero-order chi connectivity index (χ0) is 22.1. The molecule has 0 saturated carbocycles. The predicted molar refractivity (Wildman–Crippen MR) is 130 cm³/mol. The van der Waals surface area contributed by atoms with E-state index in [1.165, 1.54) is 0 Å². The lowest BCUT2D eigenvalue weighted by atomic mass is 9.97. The number of pyridine rings is 2. The minimum absolute atomic E-state index is 0.0809. The number of piperidine rings is 1. The third kappa shape index (κ3) is 4.60. The maximum atomic E-state index is 5.87. The summed E-state index contributed by atoms with van der Waals surface area (Å²) in [6.45, 7) is 8.93. The number of anilines is 3. The van der Waals surface area contributed by atoms with Gasteiger partial charge in [-0.15, -0.1) is 0 Å². The fourth-order valence-electron chi connectivity index (χ4n) is 4.05. The standard InChI is InChI=1S/C24H28N6OS/c1-16-7-10-25-21(13-16)28-20-6-4-5-18(27-20)19-14-26-23(32-19)30-11-8-17(9-12-30)22-29-24(2,3)15-31-22/h4-7,10,13-14,17H,8-9,11-12,15H2,1-3H3,(H,25,27,28). The van der Waals surface area contributed by atoms with E-state index in [1.54, 1.807) is 17.5 Å². The van der Waals surface area contributed by atoms with Crippen molar-refractivity contribution in [1.29, 1.82) is 0 Å². The summed E-state index contributed by atoms with van der Waals surface area (Å²) in [5.74, 6) is 2.94. The van der Waals surface area contributed by atoms with Crippen LogP contribution in [0.25, 0.3) is 10.6 Å². The molecule has 1 saturated heterocycles. The molecule has 2 aliphatic heterocycles. The number of aromatic nitrogens is 3. The Bertz CT molecular complexity index is 1130. The van der Waals surface area contributed by atoms with Crippen molar-refractivity contribution in [2.24, 2.45) is 10.9 Å². The summed E-state index contributed by atoms with van der Waals surface area (Å²) in [6.07, 6.45) is 5.82. The van der Waals surface area contributed by atoms with Gasteiger partial charge < -0.3 is 15.0 Å². The lowest BCUT2D eigenvalue weighted by Gasteiger charge is -2.31. The summed E-state index contributed by atoms with van der Waals surface area (Å²) in [4.78, 5) is 22.0. The fourth-order valence-corrected chi connectivity index (χ4v) is 4.98. The summed E-state index contributed by atoms with van der Waals surface area (Å²) < 4.78 is 5.87. The molecule has 0 atom stereocenters. The molecular weight excluding hydrogens is 420 g/mol. The SMILES string of the molecule is Cc1ccnc(Nc2cccc(-c3cnc(N4CCC(C5=NC(C)(C)CO5)CC4)s3)n2)c1. The molecule has 5 rings (SSSR count). The monoisotopic (exact) mass is 448 g/mol. The minimum atomic E-state index is -0.0809. The van der Waals surface area contributed by atoms with Gasteiger partial charge in [-0.3, -0.25) is 0 Å². The van der Waals surface area contributed by atoms with E-state index in [4.69, 9.17) is 19.7 Å². The number of hydrogen-bond acceptors (Lipinski definition) is 8. The van der Waals surface area contributed by atoms with Crippen molar-refractivity contribution in [3.05, 3.63) is 48.3 Å². The highest BCUT2D eigenvalue weighted by Crippen LogP contribution is 2.34. The quantitative estimate of drug-likeness (QED) is 0.587. The van der Waals surface area contributed by atoms with E-state index in [0.29, 0.717) is 12.5 Å². The number of hydrogen-bond donors (Lipinski definition) is 1. The van der Waals surface area contributed by atoms with Gasteiger partial charge in [-0.1, -0.05) is 17.4 Å². The van der Waals surface area contributed by atoms with Crippen molar-refractivity contribution < 1.29 is 4.74 Å². The maximum absolute atomic E-state index is 5.87. The summed E-state index contributed by atoms with van der Waals surface area (Å²) in [6, 6.07) is 9.97. The topological polar surface area (TPSA) is 75.5 Å². The van der Waals surface area contributed by atoms with Crippen molar-refractivity contribution in [3.63, 3.8) is 0 Å². The highest BCUT2D eigenvalue weighted by Gasteiger charge is 2.33. The molecule has 3 aromatic rings. The molecule has 0 aromatic carbocycles. The molecule has 0 unspecified atom stereocenters. The third-order valence-corrected chi connectivity index (χ3v) is 6.85. The van der Waals surface area contributed by atoms with Crippen LogP contribution in [0, 0.1) is 12.8 Å². The van der Waals surface area contributed by atoms with Crippen molar-refractivity contribution in [2.75, 3.05) is 29.9 Å². The largest absolute Gasteiger partial charge is 0.478 e. The predicted octanol–water partition coefficient (Wildman–Crippen LogP) is 5.08. The van der Waals surface area contributed by atoms with Crippen LogP contribution in [0.5, 0.6) is 0 Å². The molecule has 0 amide bonds. The van der Waals surface area contributed by atoms with Crippen LogP contribution in [0.1, 0.15) is 32.3 Å². The highest BCUT2D eigenvalue weighted by atomic mass is 32.1. The van der Waals surface area contributed by atoms with Gasteiger partial charge in [0.2, 0.25) is 0 Å². The van der Waals surface area contributed by atoms with E-state index >= 15 is 0 Å². The summed E-state index contributed by atoms with van der Waals surface area (Å²) >= 11 is 1.69. The Hall–Kier alpha value is -3.00. The van der Waals surface area contributed by atoms with E-state index in [9.17, 15) is 0 Å². The van der Waals surface area contributed by atoms with E-state index in [2.05, 4.69) is 29.0 Å². The van der Waals surface area contributed by atoms with Gasteiger partial charge in [0.25, 0.3) is 0 Å². The second-order valence-electron chi connectivity index (χ2n) is 9.07. The number of nitrogens with zero attached hydrogens (tertiary/aromatic N) is 5. The van der Waals surface area contributed by atoms with E-state index in [1.807, 2.05) is 43.5 Å². The first-order chi connectivity index (χ1) is 15.4. The van der Waals surface area contributed by atoms with E-state index in [0.717, 1.165) is 64.7 Å². The molecule has 32 heavy (non-hydrogen) atoms. The minimum Gasteiger partial charge on any atom is -0.478 e. The number of aryl methyl sites for hydroxylation is 1. The lowest BCUT2D eigenvalue weighted by molar-refractivity contribution is 0.259. The van der Waals surface area contributed by atoms with E-state index < -0.39 is 0 Å². The Morgan fingerprint density at radius 1 is 1.12 bits per heavy atom. The molecule has 0 radical (unpaired) electrons. The first-order valence-corrected chi connectivity index (χ1v) is 11.9. The lowest BCUT2D eigenvalue weighted by Crippen LogP contribution is -2.36. The first kappa shape index (κ1) is 20.9. The van der Waals surface area contributed by atoms with Crippen molar-refractivity contribution in [2.45, 2.75) is 39.2 Å². The average Bonchev–Trinajstić information content (AvgIpc) is 3.41. The number of aliphatic imine (C=N–C) groups is 1. The second-order valence-corrected chi connectivity index (χ2v) is 10.1. The molecule has 0 aliphatic carbocycles. The van der Waals surface area contributed by atoms with Crippen LogP contribution < -0.4 is 10.2 Å².